The lowest BCUT2D eigenvalue weighted by Crippen LogP contribution is -2.16. The molecule has 1 aromatic carbocycles. The normalized spacial score (nSPS) is 14.6. The van der Waals surface area contributed by atoms with Crippen LogP contribution in [0.25, 0.3) is 27.9 Å². The van der Waals surface area contributed by atoms with E-state index >= 15 is 0 Å². The Morgan fingerprint density at radius 2 is 1.64 bits per heavy atom. The van der Waals surface area contributed by atoms with E-state index in [0.717, 1.165) is 33.7 Å². The van der Waals surface area contributed by atoms with Crippen LogP contribution < -0.4 is 5.32 Å². The Kier molecular flexibility index (Phi) is 4.28. The first-order chi connectivity index (χ1) is 13.8. The Bertz CT molecular complexity index is 1100. The highest BCUT2D eigenvalue weighted by Gasteiger charge is 2.20. The van der Waals surface area contributed by atoms with Crippen LogP contribution in [0.3, 0.4) is 0 Å². The highest BCUT2D eigenvalue weighted by atomic mass is 19.1. The summed E-state index contributed by atoms with van der Waals surface area (Å²) in [5, 5.41) is 8.61. The second kappa shape index (κ2) is 7.08. The molecule has 1 aliphatic rings. The van der Waals surface area contributed by atoms with Crippen LogP contribution in [0, 0.1) is 5.82 Å². The van der Waals surface area contributed by atoms with Crippen LogP contribution in [-0.4, -0.2) is 20.6 Å². The molecule has 0 atom stereocenters. The number of nitrogens with one attached hydrogen (secondary N) is 1. The van der Waals surface area contributed by atoms with Gasteiger partial charge in [0.15, 0.2) is 0 Å². The summed E-state index contributed by atoms with van der Waals surface area (Å²) in [6, 6.07) is 17.2. The Morgan fingerprint density at radius 1 is 0.893 bits per heavy atom. The van der Waals surface area contributed by atoms with Crippen molar-refractivity contribution >= 4 is 11.3 Å². The summed E-state index contributed by atoms with van der Waals surface area (Å²) in [5.41, 5.74) is 4.83. The summed E-state index contributed by atoms with van der Waals surface area (Å²) in [4.78, 5) is 4.15. The topological polar surface area (TPSA) is 42.2 Å². The third kappa shape index (κ3) is 3.03. The summed E-state index contributed by atoms with van der Waals surface area (Å²) < 4.78 is 15.5. The molecule has 0 spiro atoms. The van der Waals surface area contributed by atoms with Crippen molar-refractivity contribution in [3.63, 3.8) is 0 Å². The minimum atomic E-state index is -0.249. The van der Waals surface area contributed by atoms with Crippen molar-refractivity contribution < 1.29 is 4.39 Å². The molecule has 4 nitrogen and oxygen atoms in total. The van der Waals surface area contributed by atoms with E-state index in [0.29, 0.717) is 6.04 Å². The molecule has 1 aliphatic carbocycles. The van der Waals surface area contributed by atoms with Crippen LogP contribution in [-0.2, 0) is 0 Å². The van der Waals surface area contributed by atoms with Crippen LogP contribution in [0.2, 0.25) is 0 Å². The highest BCUT2D eigenvalue weighted by Crippen LogP contribution is 2.36. The molecular weight excluding hydrogens is 351 g/mol. The van der Waals surface area contributed by atoms with Gasteiger partial charge in [0.2, 0.25) is 0 Å². The van der Waals surface area contributed by atoms with Crippen LogP contribution >= 0.6 is 0 Å². The molecule has 28 heavy (non-hydrogen) atoms. The number of hydrogen-bond donors (Lipinski definition) is 1. The van der Waals surface area contributed by atoms with Gasteiger partial charge in [-0.2, -0.15) is 5.10 Å². The molecule has 1 saturated carbocycles. The van der Waals surface area contributed by atoms with E-state index in [1.807, 2.05) is 16.6 Å². The Morgan fingerprint density at radius 3 is 2.39 bits per heavy atom. The number of aromatic nitrogens is 3. The molecule has 0 saturated heterocycles. The second-order valence-corrected chi connectivity index (χ2v) is 7.30. The second-order valence-electron chi connectivity index (χ2n) is 7.30. The summed E-state index contributed by atoms with van der Waals surface area (Å²) >= 11 is 0. The molecule has 0 amide bonds. The van der Waals surface area contributed by atoms with Gasteiger partial charge in [-0.05, 0) is 66.9 Å². The first-order valence-corrected chi connectivity index (χ1v) is 9.74. The molecule has 0 bridgehead atoms. The zero-order chi connectivity index (χ0) is 18.9. The standard InChI is InChI=1S/C23H21FN4/c24-18-10-8-17(9-11-18)23-22(16-12-14-25-15-13-16)20-6-3-7-21(28(20)27-23)26-19-4-1-2-5-19/h3,6-15,19,26H,1-2,4-5H2. The SMILES string of the molecule is Fc1ccc(-c2nn3c(NC4CCCC4)cccc3c2-c2ccncc2)cc1. The van der Waals surface area contributed by atoms with Crippen molar-refractivity contribution in [2.75, 3.05) is 5.32 Å². The largest absolute Gasteiger partial charge is 0.367 e. The zero-order valence-corrected chi connectivity index (χ0v) is 15.5. The Balaban J connectivity index is 1.71. The lowest BCUT2D eigenvalue weighted by Gasteiger charge is -2.14. The van der Waals surface area contributed by atoms with Gasteiger partial charge in [-0.1, -0.05) is 18.9 Å². The van der Waals surface area contributed by atoms with E-state index in [9.17, 15) is 4.39 Å². The Labute approximate surface area is 163 Å². The fourth-order valence-corrected chi connectivity index (χ4v) is 4.07. The monoisotopic (exact) mass is 372 g/mol. The van der Waals surface area contributed by atoms with E-state index in [1.165, 1.54) is 37.8 Å². The number of anilines is 1. The van der Waals surface area contributed by atoms with E-state index in [4.69, 9.17) is 5.10 Å². The molecule has 3 heterocycles. The van der Waals surface area contributed by atoms with E-state index < -0.39 is 0 Å². The molecular formula is C23H21FN4. The van der Waals surface area contributed by atoms with Crippen LogP contribution in [0.15, 0.2) is 67.0 Å². The third-order valence-electron chi connectivity index (χ3n) is 5.45. The summed E-state index contributed by atoms with van der Waals surface area (Å²) in [6.45, 7) is 0. The van der Waals surface area contributed by atoms with Crippen LogP contribution in [0.1, 0.15) is 25.7 Å². The molecule has 5 rings (SSSR count). The third-order valence-corrected chi connectivity index (χ3v) is 5.45. The summed E-state index contributed by atoms with van der Waals surface area (Å²) in [7, 11) is 0. The van der Waals surface area contributed by atoms with Gasteiger partial charge in [0.25, 0.3) is 0 Å². The van der Waals surface area contributed by atoms with Crippen molar-refractivity contribution in [2.24, 2.45) is 0 Å². The van der Waals surface area contributed by atoms with Crippen molar-refractivity contribution in [1.29, 1.82) is 0 Å². The van der Waals surface area contributed by atoms with Gasteiger partial charge in [0.05, 0.1) is 5.52 Å². The molecule has 3 aromatic heterocycles. The quantitative estimate of drug-likeness (QED) is 0.510. The van der Waals surface area contributed by atoms with Crippen molar-refractivity contribution in [3.8, 4) is 22.4 Å². The number of nitrogens with zero attached hydrogens (tertiary/aromatic N) is 3. The van der Waals surface area contributed by atoms with Gasteiger partial charge in [0.1, 0.15) is 17.3 Å². The molecule has 5 heteroatoms. The van der Waals surface area contributed by atoms with Gasteiger partial charge >= 0.3 is 0 Å². The first-order valence-electron chi connectivity index (χ1n) is 9.74. The minimum Gasteiger partial charge on any atom is -0.367 e. The predicted molar refractivity (Wildman–Crippen MR) is 110 cm³/mol. The van der Waals surface area contributed by atoms with Crippen LogP contribution in [0.4, 0.5) is 10.2 Å². The van der Waals surface area contributed by atoms with Gasteiger partial charge in [-0.25, -0.2) is 8.91 Å². The van der Waals surface area contributed by atoms with Crippen molar-refractivity contribution in [1.82, 2.24) is 14.6 Å². The van der Waals surface area contributed by atoms with Crippen molar-refractivity contribution in [3.05, 3.63) is 72.8 Å². The summed E-state index contributed by atoms with van der Waals surface area (Å²) in [6.07, 6.45) is 8.51. The lowest BCUT2D eigenvalue weighted by atomic mass is 10.0. The smallest absolute Gasteiger partial charge is 0.128 e. The number of hydrogen-bond acceptors (Lipinski definition) is 3. The van der Waals surface area contributed by atoms with Gasteiger partial charge in [0, 0.05) is 29.6 Å². The predicted octanol–water partition coefficient (Wildman–Crippen LogP) is 5.56. The number of halogens is 1. The number of fused-ring (bicyclic) bond motifs is 1. The average Bonchev–Trinajstić information content (AvgIpc) is 3.37. The van der Waals surface area contributed by atoms with Crippen LogP contribution in [0.5, 0.6) is 0 Å². The fraction of sp³-hybridized carbons (Fsp3) is 0.217. The molecule has 0 radical (unpaired) electrons. The maximum atomic E-state index is 13.5. The van der Waals surface area contributed by atoms with Gasteiger partial charge < -0.3 is 5.32 Å². The highest BCUT2D eigenvalue weighted by molar-refractivity contribution is 5.92. The molecule has 1 N–H and O–H groups in total. The minimum absolute atomic E-state index is 0.249. The van der Waals surface area contributed by atoms with Gasteiger partial charge in [-0.3, -0.25) is 4.98 Å². The molecule has 1 fully saturated rings. The molecule has 4 aromatic rings. The number of benzene rings is 1. The molecule has 0 unspecified atom stereocenters. The van der Waals surface area contributed by atoms with E-state index in [1.54, 1.807) is 24.5 Å². The maximum absolute atomic E-state index is 13.5. The maximum Gasteiger partial charge on any atom is 0.128 e. The summed E-state index contributed by atoms with van der Waals surface area (Å²) in [5.74, 6) is 0.745. The molecule has 0 aliphatic heterocycles. The number of pyridine rings is 2. The zero-order valence-electron chi connectivity index (χ0n) is 15.5. The fourth-order valence-electron chi connectivity index (χ4n) is 4.07. The molecule has 140 valence electrons. The number of rotatable bonds is 4. The first kappa shape index (κ1) is 16.9. The Hall–Kier alpha value is -3.21. The van der Waals surface area contributed by atoms with Gasteiger partial charge in [-0.15, -0.1) is 0 Å². The van der Waals surface area contributed by atoms with Crippen molar-refractivity contribution in [2.45, 2.75) is 31.7 Å². The van der Waals surface area contributed by atoms with E-state index in [2.05, 4.69) is 28.5 Å². The lowest BCUT2D eigenvalue weighted by molar-refractivity contribution is 0.628. The average molecular weight is 372 g/mol. The van der Waals surface area contributed by atoms with E-state index in [-0.39, 0.29) is 5.82 Å².